The molecule has 10 nitrogen and oxygen atoms in total. The average Bonchev–Trinajstić information content (AvgIpc) is 2.83. The zero-order chi connectivity index (χ0) is 22.3. The van der Waals surface area contributed by atoms with Gasteiger partial charge in [-0.2, -0.15) is 4.98 Å². The standard InChI is InChI=1S/C22H24N6O4/c1-2-24-20-17-6-5-16(32-14-19(29)28-8-10-31-11-9-28)12-18(17)25-22(26-20)27-21(30)15-4-3-7-23-13-15/h3-7,12-13H,2,8-11,14H2,1H3,(H2,24,25,26,27,30). The molecular weight excluding hydrogens is 412 g/mol. The summed E-state index contributed by atoms with van der Waals surface area (Å²) in [5.74, 6) is 0.806. The van der Waals surface area contributed by atoms with Crippen LogP contribution in [0.25, 0.3) is 10.9 Å². The molecule has 32 heavy (non-hydrogen) atoms. The summed E-state index contributed by atoms with van der Waals surface area (Å²) in [4.78, 5) is 39.4. The lowest BCUT2D eigenvalue weighted by Crippen LogP contribution is -2.42. The number of aromatic nitrogens is 3. The second-order valence-electron chi connectivity index (χ2n) is 7.08. The van der Waals surface area contributed by atoms with Crippen molar-refractivity contribution in [3.05, 3.63) is 48.3 Å². The van der Waals surface area contributed by atoms with Crippen molar-refractivity contribution in [1.29, 1.82) is 0 Å². The van der Waals surface area contributed by atoms with Crippen molar-refractivity contribution in [2.75, 3.05) is 50.1 Å². The summed E-state index contributed by atoms with van der Waals surface area (Å²) in [6.07, 6.45) is 3.07. The molecule has 0 saturated carbocycles. The third-order valence-corrected chi connectivity index (χ3v) is 4.89. The molecule has 10 heteroatoms. The maximum atomic E-state index is 12.5. The van der Waals surface area contributed by atoms with Crippen LogP contribution in [0.5, 0.6) is 5.75 Å². The van der Waals surface area contributed by atoms with E-state index in [1.54, 1.807) is 35.4 Å². The first-order valence-corrected chi connectivity index (χ1v) is 10.4. The van der Waals surface area contributed by atoms with Gasteiger partial charge in [0.15, 0.2) is 6.61 Å². The first kappa shape index (κ1) is 21.4. The number of benzene rings is 1. The largest absolute Gasteiger partial charge is 0.484 e. The van der Waals surface area contributed by atoms with Gasteiger partial charge >= 0.3 is 0 Å². The zero-order valence-electron chi connectivity index (χ0n) is 17.7. The van der Waals surface area contributed by atoms with Gasteiger partial charge in [-0.05, 0) is 31.2 Å². The van der Waals surface area contributed by atoms with E-state index in [1.807, 2.05) is 13.0 Å². The molecule has 3 aromatic rings. The van der Waals surface area contributed by atoms with E-state index in [1.165, 1.54) is 6.20 Å². The Balaban J connectivity index is 1.53. The number of nitrogens with zero attached hydrogens (tertiary/aromatic N) is 4. The van der Waals surface area contributed by atoms with Crippen LogP contribution >= 0.6 is 0 Å². The van der Waals surface area contributed by atoms with E-state index < -0.39 is 0 Å². The third-order valence-electron chi connectivity index (χ3n) is 4.89. The van der Waals surface area contributed by atoms with Gasteiger partial charge in [0, 0.05) is 43.5 Å². The van der Waals surface area contributed by atoms with Crippen LogP contribution in [-0.4, -0.2) is 71.1 Å². The van der Waals surface area contributed by atoms with E-state index in [0.717, 1.165) is 5.39 Å². The molecular formula is C22H24N6O4. The molecule has 0 spiro atoms. The first-order valence-electron chi connectivity index (χ1n) is 10.4. The van der Waals surface area contributed by atoms with Crippen molar-refractivity contribution in [1.82, 2.24) is 19.9 Å². The number of ether oxygens (including phenoxy) is 2. The van der Waals surface area contributed by atoms with Crippen molar-refractivity contribution in [2.24, 2.45) is 0 Å². The lowest BCUT2D eigenvalue weighted by atomic mass is 10.2. The molecule has 0 unspecified atom stereocenters. The highest BCUT2D eigenvalue weighted by molar-refractivity contribution is 6.04. The lowest BCUT2D eigenvalue weighted by Gasteiger charge is -2.26. The Labute approximate surface area is 185 Å². The highest BCUT2D eigenvalue weighted by Gasteiger charge is 2.18. The van der Waals surface area contributed by atoms with Gasteiger partial charge in [0.1, 0.15) is 11.6 Å². The van der Waals surface area contributed by atoms with Crippen LogP contribution in [0.3, 0.4) is 0 Å². The van der Waals surface area contributed by atoms with Gasteiger partial charge in [0.05, 0.1) is 24.3 Å². The van der Waals surface area contributed by atoms with E-state index in [4.69, 9.17) is 9.47 Å². The summed E-state index contributed by atoms with van der Waals surface area (Å²) < 4.78 is 11.0. The number of carbonyl (C=O) groups excluding carboxylic acids is 2. The first-order chi connectivity index (χ1) is 15.6. The molecule has 4 rings (SSSR count). The minimum atomic E-state index is -0.358. The minimum absolute atomic E-state index is 0.0682. The fraction of sp³-hybridized carbons (Fsp3) is 0.318. The van der Waals surface area contributed by atoms with E-state index in [0.29, 0.717) is 55.5 Å². The van der Waals surface area contributed by atoms with Crippen molar-refractivity contribution >= 4 is 34.5 Å². The van der Waals surface area contributed by atoms with Gasteiger partial charge in [0.2, 0.25) is 5.95 Å². The smallest absolute Gasteiger partial charge is 0.260 e. The van der Waals surface area contributed by atoms with Crippen LogP contribution in [0.1, 0.15) is 17.3 Å². The van der Waals surface area contributed by atoms with Gasteiger partial charge in [-0.3, -0.25) is 19.9 Å². The zero-order valence-corrected chi connectivity index (χ0v) is 17.7. The van der Waals surface area contributed by atoms with Crippen LogP contribution in [-0.2, 0) is 9.53 Å². The predicted molar refractivity (Wildman–Crippen MR) is 119 cm³/mol. The Morgan fingerprint density at radius 1 is 1.19 bits per heavy atom. The number of hydrogen-bond donors (Lipinski definition) is 2. The van der Waals surface area contributed by atoms with E-state index >= 15 is 0 Å². The normalized spacial score (nSPS) is 13.6. The van der Waals surface area contributed by atoms with Crippen molar-refractivity contribution in [3.63, 3.8) is 0 Å². The summed E-state index contributed by atoms with van der Waals surface area (Å²) in [6.45, 7) is 4.75. The van der Waals surface area contributed by atoms with Crippen LogP contribution in [0, 0.1) is 0 Å². The Kier molecular flexibility index (Phi) is 6.71. The molecule has 0 atom stereocenters. The quantitative estimate of drug-likeness (QED) is 0.577. The number of rotatable bonds is 7. The topological polar surface area (TPSA) is 119 Å². The Morgan fingerprint density at radius 2 is 2.03 bits per heavy atom. The highest BCUT2D eigenvalue weighted by Crippen LogP contribution is 2.26. The Hall–Kier alpha value is -3.79. The number of nitrogens with one attached hydrogen (secondary N) is 2. The molecule has 1 saturated heterocycles. The molecule has 3 heterocycles. The number of hydrogen-bond acceptors (Lipinski definition) is 8. The molecule has 166 valence electrons. The number of carbonyl (C=O) groups is 2. The maximum absolute atomic E-state index is 12.5. The van der Waals surface area contributed by atoms with E-state index in [2.05, 4.69) is 25.6 Å². The SMILES string of the molecule is CCNc1nc(NC(=O)c2cccnc2)nc2cc(OCC(=O)N3CCOCC3)ccc12. The molecule has 1 aliphatic heterocycles. The van der Waals surface area contributed by atoms with Crippen molar-refractivity contribution < 1.29 is 19.1 Å². The van der Waals surface area contributed by atoms with Crippen LogP contribution in [0.2, 0.25) is 0 Å². The Bertz CT molecular complexity index is 1100. The molecule has 1 aliphatic rings. The van der Waals surface area contributed by atoms with Crippen LogP contribution < -0.4 is 15.4 Å². The van der Waals surface area contributed by atoms with Crippen molar-refractivity contribution in [3.8, 4) is 5.75 Å². The third kappa shape index (κ3) is 5.09. The molecule has 2 aromatic heterocycles. The van der Waals surface area contributed by atoms with Gasteiger partial charge in [0.25, 0.3) is 11.8 Å². The van der Waals surface area contributed by atoms with E-state index in [9.17, 15) is 9.59 Å². The number of morpholine rings is 1. The number of pyridine rings is 1. The maximum Gasteiger partial charge on any atom is 0.260 e. The molecule has 1 fully saturated rings. The van der Waals surface area contributed by atoms with Gasteiger partial charge in [-0.25, -0.2) is 4.98 Å². The van der Waals surface area contributed by atoms with E-state index in [-0.39, 0.29) is 24.4 Å². The minimum Gasteiger partial charge on any atom is -0.484 e. The van der Waals surface area contributed by atoms with Crippen LogP contribution in [0.4, 0.5) is 11.8 Å². The molecule has 1 aromatic carbocycles. The van der Waals surface area contributed by atoms with Gasteiger partial charge in [-0.1, -0.05) is 0 Å². The number of anilines is 2. The predicted octanol–water partition coefficient (Wildman–Crippen LogP) is 1.95. The number of amides is 2. The molecule has 0 bridgehead atoms. The second-order valence-corrected chi connectivity index (χ2v) is 7.08. The molecule has 2 N–H and O–H groups in total. The van der Waals surface area contributed by atoms with Gasteiger partial charge in [-0.15, -0.1) is 0 Å². The summed E-state index contributed by atoms with van der Waals surface area (Å²) in [6, 6.07) is 8.67. The fourth-order valence-electron chi connectivity index (χ4n) is 3.28. The Morgan fingerprint density at radius 3 is 2.78 bits per heavy atom. The summed E-state index contributed by atoms with van der Waals surface area (Å²) >= 11 is 0. The monoisotopic (exact) mass is 436 g/mol. The number of fused-ring (bicyclic) bond motifs is 1. The van der Waals surface area contributed by atoms with Gasteiger partial charge < -0.3 is 19.7 Å². The summed E-state index contributed by atoms with van der Waals surface area (Å²) in [5.41, 5.74) is 0.980. The lowest BCUT2D eigenvalue weighted by molar-refractivity contribution is -0.137. The molecule has 2 amide bonds. The second kappa shape index (κ2) is 10.0. The summed E-state index contributed by atoms with van der Waals surface area (Å²) in [5, 5.41) is 6.67. The van der Waals surface area contributed by atoms with Crippen molar-refractivity contribution in [2.45, 2.75) is 6.92 Å². The van der Waals surface area contributed by atoms with Crippen LogP contribution in [0.15, 0.2) is 42.7 Å². The highest BCUT2D eigenvalue weighted by atomic mass is 16.5. The molecule has 0 aliphatic carbocycles. The fourth-order valence-corrected chi connectivity index (χ4v) is 3.28. The average molecular weight is 436 g/mol. The summed E-state index contributed by atoms with van der Waals surface area (Å²) in [7, 11) is 0. The molecule has 0 radical (unpaired) electrons.